The zero-order valence-corrected chi connectivity index (χ0v) is 20.3. The summed E-state index contributed by atoms with van der Waals surface area (Å²) in [7, 11) is 1.70. The van der Waals surface area contributed by atoms with Crippen LogP contribution >= 0.6 is 12.3 Å². The zero-order chi connectivity index (χ0) is 25.4. The lowest BCUT2D eigenvalue weighted by Crippen LogP contribution is -2.31. The Kier molecular flexibility index (Phi) is 5.15. The number of benzene rings is 2. The van der Waals surface area contributed by atoms with E-state index >= 15 is 4.39 Å². The minimum Gasteiger partial charge on any atom is -0.365 e. The average molecular weight is 519 g/mol. The van der Waals surface area contributed by atoms with Crippen molar-refractivity contribution in [1.82, 2.24) is 9.78 Å². The van der Waals surface area contributed by atoms with Gasteiger partial charge in [-0.1, -0.05) is 6.07 Å². The van der Waals surface area contributed by atoms with Gasteiger partial charge in [-0.3, -0.25) is 18.7 Å². The number of hydrogen-bond donors (Lipinski definition) is 1. The smallest absolute Gasteiger partial charge is 0.266 e. The largest absolute Gasteiger partial charge is 0.365 e. The Hall–Kier alpha value is -3.41. The number of carbonyl (C=O) groups excluding carboxylic acids is 1. The molecule has 1 N–H and O–H groups in total. The molecule has 0 bridgehead atoms. The van der Waals surface area contributed by atoms with E-state index in [0.717, 1.165) is 0 Å². The maximum atomic E-state index is 15.7. The van der Waals surface area contributed by atoms with Crippen LogP contribution < -0.4 is 19.4 Å². The fourth-order valence-corrected chi connectivity index (χ4v) is 5.74. The van der Waals surface area contributed by atoms with Gasteiger partial charge in [-0.05, 0) is 37.3 Å². The molecule has 3 aliphatic heterocycles. The first kappa shape index (κ1) is 23.0. The number of aryl methyl sites for hydroxylation is 2. The predicted molar refractivity (Wildman–Crippen MR) is 131 cm³/mol. The van der Waals surface area contributed by atoms with Crippen molar-refractivity contribution >= 4 is 41.0 Å². The third kappa shape index (κ3) is 3.41. The molecule has 6 rings (SSSR count). The van der Waals surface area contributed by atoms with Crippen LogP contribution in [0.4, 0.5) is 39.8 Å². The normalized spacial score (nSPS) is 20.2. The lowest BCUT2D eigenvalue weighted by atomic mass is 10.0. The van der Waals surface area contributed by atoms with Gasteiger partial charge in [0.15, 0.2) is 12.3 Å². The van der Waals surface area contributed by atoms with Gasteiger partial charge < -0.3 is 10.2 Å². The van der Waals surface area contributed by atoms with Crippen LogP contribution in [0, 0.1) is 12.7 Å². The molecule has 4 heterocycles. The monoisotopic (exact) mass is 518 g/mol. The van der Waals surface area contributed by atoms with E-state index in [1.165, 1.54) is 20.2 Å². The van der Waals surface area contributed by atoms with Gasteiger partial charge in [0.2, 0.25) is 0 Å². The highest BCUT2D eigenvalue weighted by Gasteiger charge is 2.45. The molecule has 7 nitrogen and oxygen atoms in total. The van der Waals surface area contributed by atoms with Crippen LogP contribution in [0.15, 0.2) is 36.4 Å². The van der Waals surface area contributed by atoms with Crippen LogP contribution in [0.3, 0.4) is 0 Å². The molecular formula is C24H22F4N6OS. The summed E-state index contributed by atoms with van der Waals surface area (Å²) in [6, 6.07) is 8.75. The molecule has 0 radical (unpaired) electrons. The van der Waals surface area contributed by atoms with Crippen molar-refractivity contribution in [2.24, 2.45) is 7.05 Å². The number of carbonyl (C=O) groups is 1. The van der Waals surface area contributed by atoms with Crippen LogP contribution in [0.2, 0.25) is 0 Å². The molecule has 12 heteroatoms. The number of halogens is 4. The standard InChI is InChI=1S/C24H22F4N6OS/c1-13-20-22(31(2)30-13)21(16-5-3-14(9-17(16)25)32-8-7-24(26,27)11-32)34(23(20)35)15-4-6-19-18(10-15)29-12-33(19)36-28/h3-6,9-10,21,29H,7-8,11-12H2,1-2H3. The quantitative estimate of drug-likeness (QED) is 0.379. The van der Waals surface area contributed by atoms with E-state index in [4.69, 9.17) is 0 Å². The molecule has 36 heavy (non-hydrogen) atoms. The molecule has 3 aliphatic rings. The molecular weight excluding hydrogens is 496 g/mol. The number of aromatic nitrogens is 2. The molecule has 0 spiro atoms. The SMILES string of the molecule is Cc1nn(C)c2c1C(=O)N(c1ccc3c(c1)NCN3SF)C2c1ccc(N2CCC(F)(F)C2)cc1F. The topological polar surface area (TPSA) is 56.6 Å². The van der Waals surface area contributed by atoms with E-state index in [-0.39, 0.29) is 43.4 Å². The summed E-state index contributed by atoms with van der Waals surface area (Å²) >= 11 is 0.0979. The Labute approximate surface area is 209 Å². The minimum atomic E-state index is -2.80. The number of rotatable bonds is 4. The van der Waals surface area contributed by atoms with Gasteiger partial charge in [0, 0.05) is 37.0 Å². The molecule has 2 aromatic carbocycles. The summed E-state index contributed by atoms with van der Waals surface area (Å²) in [4.78, 5) is 16.6. The first-order valence-corrected chi connectivity index (χ1v) is 12.1. The summed E-state index contributed by atoms with van der Waals surface area (Å²) in [6.07, 6.45) is -0.274. The highest BCUT2D eigenvalue weighted by molar-refractivity contribution is 7.95. The molecule has 1 atom stereocenters. The minimum absolute atomic E-state index is 0.0979. The van der Waals surface area contributed by atoms with Crippen LogP contribution in [0.25, 0.3) is 0 Å². The molecule has 0 aliphatic carbocycles. The van der Waals surface area contributed by atoms with Gasteiger partial charge in [0.25, 0.3) is 11.8 Å². The third-order valence-corrected chi connectivity index (χ3v) is 7.55. The van der Waals surface area contributed by atoms with Crippen LogP contribution in [0.5, 0.6) is 0 Å². The molecule has 3 aromatic rings. The maximum Gasteiger partial charge on any atom is 0.266 e. The van der Waals surface area contributed by atoms with Gasteiger partial charge >= 0.3 is 0 Å². The van der Waals surface area contributed by atoms with Gasteiger partial charge in [0.1, 0.15) is 18.5 Å². The van der Waals surface area contributed by atoms with Crippen LogP contribution in [-0.4, -0.2) is 41.4 Å². The molecule has 0 saturated carbocycles. The summed E-state index contributed by atoms with van der Waals surface area (Å²) in [5.41, 5.74) is 3.89. The Bertz CT molecular complexity index is 1400. The van der Waals surface area contributed by atoms with Gasteiger partial charge in [0.05, 0.1) is 34.9 Å². The van der Waals surface area contributed by atoms with Crippen molar-refractivity contribution in [3.8, 4) is 0 Å². The van der Waals surface area contributed by atoms with Crippen molar-refractivity contribution < 1.29 is 21.9 Å². The summed E-state index contributed by atoms with van der Waals surface area (Å²) in [6.45, 7) is 1.68. The number of nitrogens with one attached hydrogen (secondary N) is 1. The van der Waals surface area contributed by atoms with E-state index < -0.39 is 24.3 Å². The highest BCUT2D eigenvalue weighted by Crippen LogP contribution is 2.46. The number of nitrogens with zero attached hydrogens (tertiary/aromatic N) is 5. The number of hydrogen-bond acceptors (Lipinski definition) is 6. The van der Waals surface area contributed by atoms with Crippen molar-refractivity contribution in [2.75, 3.05) is 39.2 Å². The second kappa shape index (κ2) is 8.05. The molecule has 188 valence electrons. The molecule has 1 amide bonds. The summed E-state index contributed by atoms with van der Waals surface area (Å²) < 4.78 is 59.3. The Morgan fingerprint density at radius 3 is 2.64 bits per heavy atom. The summed E-state index contributed by atoms with van der Waals surface area (Å²) in [5, 5.41) is 7.48. The number of fused-ring (bicyclic) bond motifs is 2. The van der Waals surface area contributed by atoms with Crippen molar-refractivity contribution in [3.05, 3.63) is 64.7 Å². The number of amides is 1. The van der Waals surface area contributed by atoms with Crippen LogP contribution in [0.1, 0.15) is 39.8 Å². The third-order valence-electron chi connectivity index (χ3n) is 7.05. The van der Waals surface area contributed by atoms with Crippen molar-refractivity contribution in [1.29, 1.82) is 0 Å². The highest BCUT2D eigenvalue weighted by atomic mass is 32.2. The first-order chi connectivity index (χ1) is 17.2. The molecule has 1 fully saturated rings. The van der Waals surface area contributed by atoms with Gasteiger partial charge in [-0.25, -0.2) is 13.2 Å². The Morgan fingerprint density at radius 1 is 1.17 bits per heavy atom. The second-order valence-corrected chi connectivity index (χ2v) is 9.84. The Balaban J connectivity index is 1.44. The van der Waals surface area contributed by atoms with Gasteiger partial charge in [-0.15, -0.1) is 3.89 Å². The van der Waals surface area contributed by atoms with E-state index in [2.05, 4.69) is 10.4 Å². The average Bonchev–Trinajstić information content (AvgIpc) is 3.56. The summed E-state index contributed by atoms with van der Waals surface area (Å²) in [5.74, 6) is -3.72. The van der Waals surface area contributed by atoms with Crippen molar-refractivity contribution in [2.45, 2.75) is 25.3 Å². The van der Waals surface area contributed by atoms with Crippen molar-refractivity contribution in [3.63, 3.8) is 0 Å². The Morgan fingerprint density at radius 2 is 1.94 bits per heavy atom. The van der Waals surface area contributed by atoms with E-state index in [1.807, 2.05) is 0 Å². The molecule has 1 unspecified atom stereocenters. The molecule has 1 saturated heterocycles. The predicted octanol–water partition coefficient (Wildman–Crippen LogP) is 5.18. The lowest BCUT2D eigenvalue weighted by Gasteiger charge is -2.28. The van der Waals surface area contributed by atoms with E-state index in [0.29, 0.717) is 39.7 Å². The number of alkyl halides is 2. The number of anilines is 4. The van der Waals surface area contributed by atoms with Gasteiger partial charge in [-0.2, -0.15) is 5.10 Å². The zero-order valence-electron chi connectivity index (χ0n) is 19.4. The second-order valence-electron chi connectivity index (χ2n) is 9.26. The molecule has 1 aromatic heterocycles. The van der Waals surface area contributed by atoms with E-state index in [1.54, 1.807) is 49.0 Å². The fraction of sp³-hybridized carbons (Fsp3) is 0.333. The van der Waals surface area contributed by atoms with E-state index in [9.17, 15) is 17.5 Å². The maximum absolute atomic E-state index is 15.7. The fourth-order valence-electron chi connectivity index (χ4n) is 5.39. The van der Waals surface area contributed by atoms with Crippen LogP contribution in [-0.2, 0) is 7.05 Å². The lowest BCUT2D eigenvalue weighted by molar-refractivity contribution is 0.0257. The first-order valence-electron chi connectivity index (χ1n) is 11.4.